The molecule has 0 N–H and O–H groups in total. The lowest BCUT2D eigenvalue weighted by atomic mass is 10.1. The molecule has 0 bridgehead atoms. The van der Waals surface area contributed by atoms with Gasteiger partial charge < -0.3 is 9.64 Å². The zero-order valence-electron chi connectivity index (χ0n) is 19.7. The summed E-state index contributed by atoms with van der Waals surface area (Å²) in [6, 6.07) is 11.2. The first-order valence-electron chi connectivity index (χ1n) is 12.0. The maximum atomic E-state index is 13.3. The summed E-state index contributed by atoms with van der Waals surface area (Å²) in [7, 11) is -3.05. The van der Waals surface area contributed by atoms with Crippen LogP contribution < -0.4 is 4.74 Å². The van der Waals surface area contributed by atoms with E-state index in [0.717, 1.165) is 58.5 Å². The number of carbonyl (C=O) groups excluding carboxylic acids is 1. The van der Waals surface area contributed by atoms with E-state index < -0.39 is 18.7 Å². The Morgan fingerprint density at radius 3 is 2.17 bits per heavy atom. The number of hydrogen-bond donors (Lipinski definition) is 0. The first-order chi connectivity index (χ1) is 16.8. The number of likely N-dealkylation sites (tertiary alicyclic amines) is 1. The molecule has 10 nitrogen and oxygen atoms in total. The minimum atomic E-state index is -3.05. The Bertz CT molecular complexity index is 1140. The van der Waals surface area contributed by atoms with Gasteiger partial charge in [0.05, 0.1) is 11.0 Å². The highest BCUT2D eigenvalue weighted by Crippen LogP contribution is 2.63. The van der Waals surface area contributed by atoms with Crippen LogP contribution in [0, 0.1) is 10.1 Å². The van der Waals surface area contributed by atoms with Gasteiger partial charge >= 0.3 is 13.4 Å². The number of nitro groups is 1. The van der Waals surface area contributed by atoms with Crippen LogP contribution in [0.2, 0.25) is 0 Å². The molecule has 35 heavy (non-hydrogen) atoms. The van der Waals surface area contributed by atoms with Crippen LogP contribution in [0.3, 0.4) is 0 Å². The number of ether oxygens (including phenoxy) is 1. The third-order valence-corrected chi connectivity index (χ3v) is 9.30. The molecule has 11 heteroatoms. The summed E-state index contributed by atoms with van der Waals surface area (Å²) >= 11 is 0. The van der Waals surface area contributed by atoms with Crippen molar-refractivity contribution in [1.29, 1.82) is 0 Å². The van der Waals surface area contributed by atoms with Crippen molar-refractivity contribution >= 4 is 19.3 Å². The molecule has 1 atom stereocenters. The first-order valence-corrected chi connectivity index (χ1v) is 13.5. The Labute approximate surface area is 204 Å². The van der Waals surface area contributed by atoms with Gasteiger partial charge in [-0.15, -0.1) is 0 Å². The molecule has 3 aliphatic heterocycles. The smallest absolute Gasteiger partial charge is 0.346 e. The molecule has 3 heterocycles. The third-order valence-electron chi connectivity index (χ3n) is 6.48. The average Bonchev–Trinajstić information content (AvgIpc) is 3.77. The van der Waals surface area contributed by atoms with Crippen molar-refractivity contribution in [3.8, 4) is 11.5 Å². The van der Waals surface area contributed by atoms with Crippen molar-refractivity contribution in [2.24, 2.45) is 0 Å². The minimum absolute atomic E-state index is 0.0163. The number of piperidine rings is 1. The van der Waals surface area contributed by atoms with E-state index in [9.17, 15) is 19.5 Å². The van der Waals surface area contributed by atoms with Gasteiger partial charge in [0.1, 0.15) is 5.75 Å². The fraction of sp³-hybridized carbons (Fsp3) is 0.458. The van der Waals surface area contributed by atoms with Crippen molar-refractivity contribution in [2.75, 3.05) is 39.3 Å². The van der Waals surface area contributed by atoms with Gasteiger partial charge in [0.25, 0.3) is 5.91 Å². The average molecular weight is 500 g/mol. The third kappa shape index (κ3) is 5.26. The zero-order valence-corrected chi connectivity index (χ0v) is 20.6. The first kappa shape index (κ1) is 23.9. The topological polar surface area (TPSA) is 105 Å². The van der Waals surface area contributed by atoms with E-state index in [-0.39, 0.29) is 17.3 Å². The Balaban J connectivity index is 1.33. The van der Waals surface area contributed by atoms with Crippen LogP contribution in [0.5, 0.6) is 11.5 Å². The van der Waals surface area contributed by atoms with E-state index in [1.165, 1.54) is 6.07 Å². The highest BCUT2D eigenvalue weighted by atomic mass is 31.2. The lowest BCUT2D eigenvalue weighted by Gasteiger charge is -2.26. The van der Waals surface area contributed by atoms with E-state index >= 15 is 0 Å². The predicted octanol–water partition coefficient (Wildman–Crippen LogP) is 4.83. The lowest BCUT2D eigenvalue weighted by Crippen LogP contribution is -2.35. The molecule has 186 valence electrons. The number of amides is 1. The monoisotopic (exact) mass is 500 g/mol. The predicted molar refractivity (Wildman–Crippen MR) is 130 cm³/mol. The molecule has 0 spiro atoms. The summed E-state index contributed by atoms with van der Waals surface area (Å²) in [6.07, 6.45) is 2.63. The Morgan fingerprint density at radius 2 is 1.60 bits per heavy atom. The molecule has 0 radical (unpaired) electrons. The van der Waals surface area contributed by atoms with Crippen LogP contribution in [0.1, 0.15) is 48.2 Å². The molecule has 1 amide bonds. The Morgan fingerprint density at radius 1 is 0.971 bits per heavy atom. The number of carbonyl (C=O) groups is 1. The van der Waals surface area contributed by atoms with Gasteiger partial charge in [-0.3, -0.25) is 24.0 Å². The lowest BCUT2D eigenvalue weighted by molar-refractivity contribution is -0.385. The van der Waals surface area contributed by atoms with Crippen molar-refractivity contribution in [2.45, 2.75) is 32.3 Å². The van der Waals surface area contributed by atoms with Crippen molar-refractivity contribution < 1.29 is 23.5 Å². The second-order valence-electron chi connectivity index (χ2n) is 9.11. The van der Waals surface area contributed by atoms with E-state index in [1.54, 1.807) is 43.3 Å². The summed E-state index contributed by atoms with van der Waals surface area (Å²) in [5.74, 6) is 0.427. The maximum Gasteiger partial charge on any atom is 0.346 e. The normalized spacial score (nSPS) is 19.3. The number of nitrogens with zero attached hydrogens (tertiary/aromatic N) is 4. The summed E-state index contributed by atoms with van der Waals surface area (Å²) in [5.41, 5.74) is 1.01. The van der Waals surface area contributed by atoms with Crippen LogP contribution in [0.4, 0.5) is 5.69 Å². The fourth-order valence-corrected chi connectivity index (χ4v) is 6.61. The van der Waals surface area contributed by atoms with Gasteiger partial charge in [-0.2, -0.15) is 0 Å². The minimum Gasteiger partial charge on any atom is -0.450 e. The summed E-state index contributed by atoms with van der Waals surface area (Å²) in [5, 5.41) is 11.6. The Kier molecular flexibility index (Phi) is 6.63. The van der Waals surface area contributed by atoms with E-state index in [4.69, 9.17) is 9.26 Å². The molecule has 1 unspecified atom stereocenters. The van der Waals surface area contributed by atoms with Crippen LogP contribution >= 0.6 is 7.67 Å². The molecular weight excluding hydrogens is 471 g/mol. The largest absolute Gasteiger partial charge is 0.450 e. The highest BCUT2D eigenvalue weighted by Gasteiger charge is 2.50. The number of rotatable bonds is 9. The maximum absolute atomic E-state index is 13.3. The number of nitro benzene ring substituents is 1. The quantitative estimate of drug-likeness (QED) is 0.209. The number of benzene rings is 2. The van der Waals surface area contributed by atoms with Crippen molar-refractivity contribution in [1.82, 2.24) is 14.2 Å². The molecule has 0 saturated carbocycles. The molecule has 0 aliphatic carbocycles. The fourth-order valence-electron chi connectivity index (χ4n) is 4.26. The van der Waals surface area contributed by atoms with E-state index in [0.29, 0.717) is 16.9 Å². The second kappa shape index (κ2) is 9.70. The highest BCUT2D eigenvalue weighted by molar-refractivity contribution is 7.54. The molecular formula is C24H29N4O6P. The zero-order chi connectivity index (χ0) is 24.6. The van der Waals surface area contributed by atoms with Gasteiger partial charge in [-0.25, -0.2) is 9.34 Å². The molecule has 3 fully saturated rings. The number of hydrogen-bond acceptors (Lipinski definition) is 6. The Hall–Kier alpha value is -2.78. The van der Waals surface area contributed by atoms with E-state index in [2.05, 4.69) is 0 Å². The summed E-state index contributed by atoms with van der Waals surface area (Å²) in [6.45, 7) is 6.27. The SMILES string of the molecule is CC(OP(=O)(N1CC1)N1CC1)c1ccc([N+](=O)[O-])c(Oc2ccc(C(=O)N3CCCCC3)cc2)c1. The molecule has 5 rings (SSSR count). The van der Waals surface area contributed by atoms with Crippen molar-refractivity contribution in [3.63, 3.8) is 0 Å². The van der Waals surface area contributed by atoms with Gasteiger partial charge in [0, 0.05) is 50.9 Å². The summed E-state index contributed by atoms with van der Waals surface area (Å²) < 4.78 is 28.9. The molecule has 2 aromatic rings. The van der Waals surface area contributed by atoms with Crippen molar-refractivity contribution in [3.05, 3.63) is 63.7 Å². The molecule has 3 saturated heterocycles. The van der Waals surface area contributed by atoms with Crippen LogP contribution in [0.15, 0.2) is 42.5 Å². The second-order valence-corrected chi connectivity index (χ2v) is 11.4. The molecule has 0 aromatic heterocycles. The van der Waals surface area contributed by atoms with Crippen LogP contribution in [-0.2, 0) is 9.09 Å². The van der Waals surface area contributed by atoms with Gasteiger partial charge in [-0.1, -0.05) is 0 Å². The standard InChI is InChI=1S/C24H29N4O6P/c1-18(34-35(32,26-13-14-26)27-15-16-27)20-7-10-22(28(30)31)23(17-20)33-21-8-5-19(6-9-21)24(29)25-11-3-2-4-12-25/h5-10,17-18H,2-4,11-16H2,1H3. The van der Waals surface area contributed by atoms with Crippen LogP contribution in [-0.4, -0.2) is 64.3 Å². The summed E-state index contributed by atoms with van der Waals surface area (Å²) in [4.78, 5) is 25.7. The van der Waals surface area contributed by atoms with Gasteiger partial charge in [0.15, 0.2) is 0 Å². The van der Waals surface area contributed by atoms with E-state index in [1.807, 2.05) is 14.2 Å². The molecule has 3 aliphatic rings. The van der Waals surface area contributed by atoms with Crippen LogP contribution in [0.25, 0.3) is 0 Å². The van der Waals surface area contributed by atoms with Gasteiger partial charge in [0.2, 0.25) is 5.75 Å². The van der Waals surface area contributed by atoms with Gasteiger partial charge in [-0.05, 0) is 68.1 Å². The molecule has 2 aromatic carbocycles.